The molecule has 7 heteroatoms. The molecular formula is C11H18N4O3. The van der Waals surface area contributed by atoms with Gasteiger partial charge in [-0.05, 0) is 13.8 Å². The number of methoxy groups -OCH3 is 2. The average Bonchev–Trinajstić information content (AvgIpc) is 2.38. The van der Waals surface area contributed by atoms with Crippen molar-refractivity contribution >= 4 is 17.6 Å². The zero-order chi connectivity index (χ0) is 13.5. The summed E-state index contributed by atoms with van der Waals surface area (Å²) in [5.74, 6) is 1.12. The second kappa shape index (κ2) is 6.63. The fourth-order valence-corrected chi connectivity index (χ4v) is 1.40. The van der Waals surface area contributed by atoms with Gasteiger partial charge in [0.25, 0.3) is 0 Å². The summed E-state index contributed by atoms with van der Waals surface area (Å²) in [6.45, 7) is 4.34. The maximum absolute atomic E-state index is 11.3. The highest BCUT2D eigenvalue weighted by atomic mass is 16.5. The number of anilines is 2. The van der Waals surface area contributed by atoms with Crippen LogP contribution in [0.1, 0.15) is 13.8 Å². The van der Waals surface area contributed by atoms with Crippen molar-refractivity contribution in [3.8, 4) is 5.75 Å². The second-order valence-corrected chi connectivity index (χ2v) is 3.52. The first-order valence-corrected chi connectivity index (χ1v) is 5.61. The summed E-state index contributed by atoms with van der Waals surface area (Å²) < 4.78 is 9.88. The van der Waals surface area contributed by atoms with Crippen LogP contribution < -0.4 is 15.4 Å². The van der Waals surface area contributed by atoms with Crippen LogP contribution in [0.25, 0.3) is 0 Å². The Bertz CT molecular complexity index is 411. The minimum absolute atomic E-state index is 0.374. The third-order valence-corrected chi connectivity index (χ3v) is 2.26. The van der Waals surface area contributed by atoms with Crippen LogP contribution in [-0.4, -0.2) is 42.7 Å². The molecule has 0 radical (unpaired) electrons. The van der Waals surface area contributed by atoms with Crippen LogP contribution in [0.4, 0.5) is 11.6 Å². The van der Waals surface area contributed by atoms with Crippen molar-refractivity contribution < 1.29 is 14.3 Å². The van der Waals surface area contributed by atoms with Gasteiger partial charge in [0.05, 0.1) is 14.2 Å². The first-order valence-electron chi connectivity index (χ1n) is 5.61. The highest BCUT2D eigenvalue weighted by Gasteiger charge is 2.18. The molecule has 0 amide bonds. The number of carbonyl (C=O) groups excluding carboxylic acids is 1. The summed E-state index contributed by atoms with van der Waals surface area (Å²) in [5.41, 5.74) is 0. The number of esters is 1. The second-order valence-electron chi connectivity index (χ2n) is 3.52. The monoisotopic (exact) mass is 254 g/mol. The topological polar surface area (TPSA) is 85.4 Å². The Labute approximate surface area is 106 Å². The number of ether oxygens (including phenoxy) is 2. The Morgan fingerprint density at radius 2 is 2.06 bits per heavy atom. The molecule has 1 unspecified atom stereocenters. The quantitative estimate of drug-likeness (QED) is 0.729. The van der Waals surface area contributed by atoms with Crippen LogP contribution >= 0.6 is 0 Å². The van der Waals surface area contributed by atoms with Gasteiger partial charge in [0.1, 0.15) is 12.4 Å². The van der Waals surface area contributed by atoms with Gasteiger partial charge in [0.2, 0.25) is 5.75 Å². The van der Waals surface area contributed by atoms with Gasteiger partial charge < -0.3 is 20.1 Å². The molecule has 0 aromatic carbocycles. The van der Waals surface area contributed by atoms with Crippen molar-refractivity contribution in [3.63, 3.8) is 0 Å². The number of rotatable bonds is 6. The number of hydrogen-bond donors (Lipinski definition) is 2. The minimum Gasteiger partial charge on any atom is -0.490 e. The fraction of sp³-hybridized carbons (Fsp3) is 0.545. The summed E-state index contributed by atoms with van der Waals surface area (Å²) in [6, 6.07) is -0.520. The zero-order valence-corrected chi connectivity index (χ0v) is 11.0. The lowest BCUT2D eigenvalue weighted by Crippen LogP contribution is -2.28. The van der Waals surface area contributed by atoms with Gasteiger partial charge in [-0.3, -0.25) is 0 Å². The van der Waals surface area contributed by atoms with Crippen LogP contribution in [-0.2, 0) is 9.53 Å². The highest BCUT2D eigenvalue weighted by molar-refractivity contribution is 5.79. The molecule has 0 bridgehead atoms. The predicted octanol–water partition coefficient (Wildman–Crippen LogP) is 0.890. The molecule has 1 rings (SSSR count). The van der Waals surface area contributed by atoms with Crippen molar-refractivity contribution in [1.29, 1.82) is 0 Å². The van der Waals surface area contributed by atoms with Gasteiger partial charge in [-0.15, -0.1) is 0 Å². The van der Waals surface area contributed by atoms with E-state index in [-0.39, 0.29) is 5.97 Å². The van der Waals surface area contributed by atoms with E-state index in [4.69, 9.17) is 4.74 Å². The van der Waals surface area contributed by atoms with Crippen LogP contribution in [0, 0.1) is 0 Å². The molecule has 0 spiro atoms. The number of aromatic nitrogens is 2. The van der Waals surface area contributed by atoms with Gasteiger partial charge in [-0.1, -0.05) is 0 Å². The van der Waals surface area contributed by atoms with E-state index < -0.39 is 6.04 Å². The first kappa shape index (κ1) is 14.0. The normalized spacial score (nSPS) is 11.6. The summed E-state index contributed by atoms with van der Waals surface area (Å²) >= 11 is 0. The van der Waals surface area contributed by atoms with Crippen LogP contribution in [0.2, 0.25) is 0 Å². The lowest BCUT2D eigenvalue weighted by molar-refractivity contribution is -0.141. The maximum atomic E-state index is 11.3. The first-order chi connectivity index (χ1) is 8.63. The van der Waals surface area contributed by atoms with Crippen LogP contribution in [0.5, 0.6) is 5.75 Å². The lowest BCUT2D eigenvalue weighted by atomic mass is 10.3. The van der Waals surface area contributed by atoms with E-state index in [0.29, 0.717) is 23.9 Å². The summed E-state index contributed by atoms with van der Waals surface area (Å²) in [5, 5.41) is 5.97. The maximum Gasteiger partial charge on any atom is 0.328 e. The van der Waals surface area contributed by atoms with E-state index in [0.717, 1.165) is 0 Å². The van der Waals surface area contributed by atoms with Crippen molar-refractivity contribution in [3.05, 3.63) is 6.33 Å². The predicted molar refractivity (Wildman–Crippen MR) is 67.8 cm³/mol. The molecule has 0 saturated carbocycles. The molecule has 0 aliphatic heterocycles. The van der Waals surface area contributed by atoms with Crippen molar-refractivity contribution in [2.75, 3.05) is 31.4 Å². The Kier molecular flexibility index (Phi) is 5.16. The van der Waals surface area contributed by atoms with E-state index in [1.54, 1.807) is 6.92 Å². The standard InChI is InChI=1S/C11H18N4O3/c1-5-12-9-8(17-3)10(14-6-13-9)15-7(2)11(16)18-4/h6-7H,5H2,1-4H3,(H2,12,13,14,15). The van der Waals surface area contributed by atoms with Gasteiger partial charge >= 0.3 is 5.97 Å². The molecule has 0 aliphatic rings. The van der Waals surface area contributed by atoms with E-state index in [1.165, 1.54) is 20.5 Å². The third kappa shape index (κ3) is 3.22. The molecule has 0 aliphatic carbocycles. The largest absolute Gasteiger partial charge is 0.490 e. The zero-order valence-electron chi connectivity index (χ0n) is 11.0. The number of carbonyl (C=O) groups is 1. The van der Waals surface area contributed by atoms with Gasteiger partial charge in [0.15, 0.2) is 11.6 Å². The fourth-order valence-electron chi connectivity index (χ4n) is 1.40. The van der Waals surface area contributed by atoms with Gasteiger partial charge in [0, 0.05) is 6.54 Å². The molecule has 2 N–H and O–H groups in total. The third-order valence-electron chi connectivity index (χ3n) is 2.26. The van der Waals surface area contributed by atoms with E-state index in [1.807, 2.05) is 6.92 Å². The molecule has 18 heavy (non-hydrogen) atoms. The molecule has 1 heterocycles. The van der Waals surface area contributed by atoms with Crippen molar-refractivity contribution in [1.82, 2.24) is 9.97 Å². The minimum atomic E-state index is -0.520. The Morgan fingerprint density at radius 3 is 2.61 bits per heavy atom. The number of hydrogen-bond acceptors (Lipinski definition) is 7. The summed E-state index contributed by atoms with van der Waals surface area (Å²) in [7, 11) is 2.86. The summed E-state index contributed by atoms with van der Waals surface area (Å²) in [6.07, 6.45) is 1.40. The Hall–Kier alpha value is -2.05. The molecule has 0 fully saturated rings. The van der Waals surface area contributed by atoms with Crippen molar-refractivity contribution in [2.45, 2.75) is 19.9 Å². The Balaban J connectivity index is 2.94. The molecule has 0 saturated heterocycles. The van der Waals surface area contributed by atoms with Crippen LogP contribution in [0.3, 0.4) is 0 Å². The molecule has 1 aromatic rings. The van der Waals surface area contributed by atoms with E-state index in [2.05, 4.69) is 25.3 Å². The number of nitrogens with one attached hydrogen (secondary N) is 2. The molecule has 100 valence electrons. The Morgan fingerprint density at radius 1 is 1.39 bits per heavy atom. The molecular weight excluding hydrogens is 236 g/mol. The van der Waals surface area contributed by atoms with Gasteiger partial charge in [-0.25, -0.2) is 14.8 Å². The molecule has 7 nitrogen and oxygen atoms in total. The van der Waals surface area contributed by atoms with E-state index >= 15 is 0 Å². The van der Waals surface area contributed by atoms with E-state index in [9.17, 15) is 4.79 Å². The highest BCUT2D eigenvalue weighted by Crippen LogP contribution is 2.29. The van der Waals surface area contributed by atoms with Crippen LogP contribution in [0.15, 0.2) is 6.33 Å². The number of nitrogens with zero attached hydrogens (tertiary/aromatic N) is 2. The smallest absolute Gasteiger partial charge is 0.328 e. The molecule has 1 atom stereocenters. The van der Waals surface area contributed by atoms with Crippen molar-refractivity contribution in [2.24, 2.45) is 0 Å². The summed E-state index contributed by atoms with van der Waals surface area (Å²) in [4.78, 5) is 19.5. The lowest BCUT2D eigenvalue weighted by Gasteiger charge is -2.16. The SMILES string of the molecule is CCNc1ncnc(NC(C)C(=O)OC)c1OC. The van der Waals surface area contributed by atoms with Gasteiger partial charge in [-0.2, -0.15) is 0 Å². The molecule has 1 aromatic heterocycles. The average molecular weight is 254 g/mol.